The Morgan fingerprint density at radius 1 is 1.21 bits per heavy atom. The molecule has 0 radical (unpaired) electrons. The van der Waals surface area contributed by atoms with Crippen molar-refractivity contribution >= 4 is 15.9 Å². The fourth-order valence-corrected chi connectivity index (χ4v) is 2.35. The van der Waals surface area contributed by atoms with Crippen molar-refractivity contribution in [1.29, 1.82) is 0 Å². The van der Waals surface area contributed by atoms with E-state index >= 15 is 0 Å². The van der Waals surface area contributed by atoms with E-state index in [4.69, 9.17) is 4.74 Å². The van der Waals surface area contributed by atoms with Gasteiger partial charge in [-0.05, 0) is 37.1 Å². The molecule has 0 aliphatic carbocycles. The third-order valence-electron chi connectivity index (χ3n) is 3.03. The molecule has 0 amide bonds. The number of aliphatic hydroxyl groups is 1. The first-order valence-electron chi connectivity index (χ1n) is 6.29. The minimum atomic E-state index is -0.681. The van der Waals surface area contributed by atoms with E-state index in [9.17, 15) is 5.11 Å². The van der Waals surface area contributed by atoms with Crippen LogP contribution in [0.2, 0.25) is 0 Å². The van der Waals surface area contributed by atoms with E-state index < -0.39 is 6.10 Å². The van der Waals surface area contributed by atoms with Gasteiger partial charge >= 0.3 is 0 Å². The van der Waals surface area contributed by atoms with Crippen molar-refractivity contribution in [3.63, 3.8) is 0 Å². The summed E-state index contributed by atoms with van der Waals surface area (Å²) in [5.41, 5.74) is 2.79. The molecule has 0 saturated carbocycles. The number of hydrogen-bond acceptors (Lipinski definition) is 2. The maximum absolute atomic E-state index is 10.5. The third-order valence-corrected chi connectivity index (χ3v) is 3.88. The number of ether oxygens (including phenoxy) is 1. The maximum Gasteiger partial charge on any atom is 0.125 e. The van der Waals surface area contributed by atoms with E-state index in [1.165, 1.54) is 0 Å². The average Bonchev–Trinajstić information content (AvgIpc) is 2.42. The lowest BCUT2D eigenvalue weighted by Crippen LogP contribution is -2.04. The first-order chi connectivity index (χ1) is 9.13. The Morgan fingerprint density at radius 2 is 1.95 bits per heavy atom. The zero-order valence-corrected chi connectivity index (χ0v) is 12.6. The van der Waals surface area contributed by atoms with Crippen molar-refractivity contribution in [2.75, 3.05) is 6.61 Å². The summed E-state index contributed by atoms with van der Waals surface area (Å²) < 4.78 is 6.56. The van der Waals surface area contributed by atoms with Crippen LogP contribution >= 0.6 is 15.9 Å². The molecule has 2 aromatic rings. The van der Waals surface area contributed by atoms with Gasteiger partial charge in [0, 0.05) is 10.0 Å². The lowest BCUT2D eigenvalue weighted by molar-refractivity contribution is 0.212. The Balaban J connectivity index is 2.37. The molecule has 2 aromatic carbocycles. The lowest BCUT2D eigenvalue weighted by atomic mass is 10.00. The van der Waals surface area contributed by atoms with E-state index in [0.717, 1.165) is 26.9 Å². The van der Waals surface area contributed by atoms with Crippen LogP contribution in [0, 0.1) is 6.92 Å². The molecule has 0 spiro atoms. The predicted octanol–water partition coefficient (Wildman–Crippen LogP) is 4.24. The molecule has 0 saturated heterocycles. The molecule has 0 bridgehead atoms. The number of halogens is 1. The first kappa shape index (κ1) is 14.1. The van der Waals surface area contributed by atoms with Gasteiger partial charge in [0.15, 0.2) is 0 Å². The molecule has 2 nitrogen and oxygen atoms in total. The quantitative estimate of drug-likeness (QED) is 0.913. The van der Waals surface area contributed by atoms with Crippen molar-refractivity contribution < 1.29 is 9.84 Å². The van der Waals surface area contributed by atoms with Gasteiger partial charge in [-0.15, -0.1) is 0 Å². The standard InChI is InChI=1S/C16H17BrO2/c1-3-19-15-7-5-4-6-13(15)16(18)12-9-8-11(2)14(17)10-12/h4-10,16,18H,3H2,1-2H3. The molecular weight excluding hydrogens is 304 g/mol. The van der Waals surface area contributed by atoms with Crippen LogP contribution < -0.4 is 4.74 Å². The van der Waals surface area contributed by atoms with Gasteiger partial charge < -0.3 is 9.84 Å². The summed E-state index contributed by atoms with van der Waals surface area (Å²) in [5.74, 6) is 0.731. The highest BCUT2D eigenvalue weighted by molar-refractivity contribution is 9.10. The second kappa shape index (κ2) is 6.22. The summed E-state index contributed by atoms with van der Waals surface area (Å²) in [7, 11) is 0. The summed E-state index contributed by atoms with van der Waals surface area (Å²) in [6, 6.07) is 13.5. The monoisotopic (exact) mass is 320 g/mol. The van der Waals surface area contributed by atoms with Crippen molar-refractivity contribution in [2.24, 2.45) is 0 Å². The average molecular weight is 321 g/mol. The number of aliphatic hydroxyl groups excluding tert-OH is 1. The van der Waals surface area contributed by atoms with E-state index in [1.54, 1.807) is 0 Å². The van der Waals surface area contributed by atoms with Crippen LogP contribution in [0.5, 0.6) is 5.75 Å². The van der Waals surface area contributed by atoms with Gasteiger partial charge in [-0.3, -0.25) is 0 Å². The largest absolute Gasteiger partial charge is 0.493 e. The van der Waals surface area contributed by atoms with Gasteiger partial charge in [-0.2, -0.15) is 0 Å². The van der Waals surface area contributed by atoms with Crippen LogP contribution in [0.15, 0.2) is 46.9 Å². The van der Waals surface area contributed by atoms with Gasteiger partial charge in [-0.1, -0.05) is 46.3 Å². The van der Waals surface area contributed by atoms with Crippen LogP contribution in [-0.4, -0.2) is 11.7 Å². The molecule has 0 heterocycles. The van der Waals surface area contributed by atoms with Crippen LogP contribution in [0.1, 0.15) is 29.7 Å². The van der Waals surface area contributed by atoms with Crippen LogP contribution in [-0.2, 0) is 0 Å². The summed E-state index contributed by atoms with van der Waals surface area (Å²) >= 11 is 3.49. The molecule has 100 valence electrons. The van der Waals surface area contributed by atoms with Gasteiger partial charge in [0.1, 0.15) is 11.9 Å². The van der Waals surface area contributed by atoms with Gasteiger partial charge in [0.25, 0.3) is 0 Å². The number of benzene rings is 2. The molecule has 2 rings (SSSR count). The lowest BCUT2D eigenvalue weighted by Gasteiger charge is -2.16. The zero-order chi connectivity index (χ0) is 13.8. The Hall–Kier alpha value is -1.32. The minimum absolute atomic E-state index is 0.585. The third kappa shape index (κ3) is 3.17. The summed E-state index contributed by atoms with van der Waals surface area (Å²) in [5, 5.41) is 10.5. The molecule has 19 heavy (non-hydrogen) atoms. The van der Waals surface area contributed by atoms with Crippen LogP contribution in [0.4, 0.5) is 0 Å². The molecule has 1 N–H and O–H groups in total. The maximum atomic E-state index is 10.5. The highest BCUT2D eigenvalue weighted by Gasteiger charge is 2.15. The minimum Gasteiger partial charge on any atom is -0.493 e. The molecule has 0 aliphatic heterocycles. The highest BCUT2D eigenvalue weighted by atomic mass is 79.9. The first-order valence-corrected chi connectivity index (χ1v) is 7.08. The fourth-order valence-electron chi connectivity index (χ4n) is 1.95. The second-order valence-electron chi connectivity index (χ2n) is 4.38. The summed E-state index contributed by atoms with van der Waals surface area (Å²) in [6.07, 6.45) is -0.681. The van der Waals surface area contributed by atoms with Crippen molar-refractivity contribution in [1.82, 2.24) is 0 Å². The highest BCUT2D eigenvalue weighted by Crippen LogP contribution is 2.31. The molecular formula is C16H17BrO2. The smallest absolute Gasteiger partial charge is 0.125 e. The number of hydrogen-bond donors (Lipinski definition) is 1. The number of rotatable bonds is 4. The Morgan fingerprint density at radius 3 is 2.63 bits per heavy atom. The summed E-state index contributed by atoms with van der Waals surface area (Å²) in [4.78, 5) is 0. The fraction of sp³-hybridized carbons (Fsp3) is 0.250. The predicted molar refractivity (Wildman–Crippen MR) is 80.6 cm³/mol. The summed E-state index contributed by atoms with van der Waals surface area (Å²) in [6.45, 7) is 4.54. The molecule has 1 unspecified atom stereocenters. The van der Waals surface area contributed by atoms with Gasteiger partial charge in [-0.25, -0.2) is 0 Å². The topological polar surface area (TPSA) is 29.5 Å². The second-order valence-corrected chi connectivity index (χ2v) is 5.24. The van der Waals surface area contributed by atoms with E-state index in [2.05, 4.69) is 15.9 Å². The Bertz CT molecular complexity index is 566. The zero-order valence-electron chi connectivity index (χ0n) is 11.1. The van der Waals surface area contributed by atoms with Crippen molar-refractivity contribution in [2.45, 2.75) is 20.0 Å². The van der Waals surface area contributed by atoms with E-state index in [0.29, 0.717) is 6.61 Å². The normalized spacial score (nSPS) is 12.2. The van der Waals surface area contributed by atoms with Crippen LogP contribution in [0.3, 0.4) is 0 Å². The SMILES string of the molecule is CCOc1ccccc1C(O)c1ccc(C)c(Br)c1. The Kier molecular flexibility index (Phi) is 4.61. The van der Waals surface area contributed by atoms with Crippen molar-refractivity contribution in [3.05, 3.63) is 63.6 Å². The molecule has 0 aliphatic rings. The molecule has 0 aromatic heterocycles. The molecule has 0 fully saturated rings. The van der Waals surface area contributed by atoms with Crippen LogP contribution in [0.25, 0.3) is 0 Å². The number of aryl methyl sites for hydroxylation is 1. The molecule has 1 atom stereocenters. The van der Waals surface area contributed by atoms with E-state index in [-0.39, 0.29) is 0 Å². The Labute approximate surface area is 122 Å². The van der Waals surface area contributed by atoms with Gasteiger partial charge in [0.05, 0.1) is 6.61 Å². The molecule has 3 heteroatoms. The van der Waals surface area contributed by atoms with E-state index in [1.807, 2.05) is 56.3 Å². The number of para-hydroxylation sites is 1. The van der Waals surface area contributed by atoms with Gasteiger partial charge in [0.2, 0.25) is 0 Å². The van der Waals surface area contributed by atoms with Crippen molar-refractivity contribution in [3.8, 4) is 5.75 Å².